The third kappa shape index (κ3) is 10.5. The van der Waals surface area contributed by atoms with Gasteiger partial charge in [0.1, 0.15) is 36.2 Å². The van der Waals surface area contributed by atoms with Crippen LogP contribution >= 0.6 is 0 Å². The van der Waals surface area contributed by atoms with E-state index in [1.807, 2.05) is 0 Å². The zero-order valence-corrected chi connectivity index (χ0v) is 28.0. The van der Waals surface area contributed by atoms with Gasteiger partial charge in [-0.3, -0.25) is 24.0 Å². The van der Waals surface area contributed by atoms with Crippen molar-refractivity contribution < 1.29 is 34.0 Å². The Kier molecular flexibility index (Phi) is 14.9. The normalized spacial score (nSPS) is 26.5. The third-order valence-electron chi connectivity index (χ3n) is 8.59. The van der Waals surface area contributed by atoms with E-state index in [1.165, 1.54) is 62.7 Å². The number of rotatable bonds is 18. The van der Waals surface area contributed by atoms with Crippen molar-refractivity contribution in [3.05, 3.63) is 33.1 Å². The van der Waals surface area contributed by atoms with Crippen molar-refractivity contribution in [1.82, 2.24) is 14.5 Å². The second-order valence-corrected chi connectivity index (χ2v) is 13.6. The van der Waals surface area contributed by atoms with Crippen molar-refractivity contribution in [2.45, 2.75) is 166 Å². The maximum Gasteiger partial charge on any atom is 0.332 e. The minimum Gasteiger partial charge on any atom is -0.458 e. The number of ether oxygens (including phenoxy) is 3. The summed E-state index contributed by atoms with van der Waals surface area (Å²) in [5.41, 5.74) is 3.61. The predicted molar refractivity (Wildman–Crippen MR) is 172 cm³/mol. The molecule has 2 aliphatic rings. The standard InChI is InChI=1S/C33H56N4O9/c1-5-6-7-8-9-10-11-12-13-14-15-16-17-18-23(39)37-24(21-34)44-28(25(37)31(42)46-33(2,3)4)29-26(40)27(41)30(45-29)36-20-19-22(38)35-32(36)43/h19-20,24-30,40-41H,5-18,21,34H2,1-4H3,(H,35,38,43)/t24-,25+,26+,27-,28+,29+,30-/m1/s1. The highest BCUT2D eigenvalue weighted by Crippen LogP contribution is 2.38. The van der Waals surface area contributed by atoms with E-state index in [1.54, 1.807) is 20.8 Å². The first kappa shape index (κ1) is 37.9. The summed E-state index contributed by atoms with van der Waals surface area (Å²) in [6.45, 7) is 7.18. The molecule has 1 aromatic heterocycles. The zero-order valence-electron chi connectivity index (χ0n) is 28.0. The molecule has 13 nitrogen and oxygen atoms in total. The summed E-state index contributed by atoms with van der Waals surface area (Å²) in [4.78, 5) is 54.5. The van der Waals surface area contributed by atoms with Gasteiger partial charge in [0.25, 0.3) is 5.56 Å². The van der Waals surface area contributed by atoms with Crippen LogP contribution in [0.5, 0.6) is 0 Å². The summed E-state index contributed by atoms with van der Waals surface area (Å²) in [5.74, 6) is -1.10. The fourth-order valence-electron chi connectivity index (χ4n) is 6.25. The highest BCUT2D eigenvalue weighted by molar-refractivity contribution is 5.86. The maximum atomic E-state index is 13.6. The predicted octanol–water partition coefficient (Wildman–Crippen LogP) is 2.86. The Hall–Kier alpha value is -2.58. The van der Waals surface area contributed by atoms with Crippen LogP contribution in [0.15, 0.2) is 21.9 Å². The van der Waals surface area contributed by atoms with Gasteiger partial charge >= 0.3 is 11.7 Å². The van der Waals surface area contributed by atoms with E-state index in [0.29, 0.717) is 6.42 Å². The van der Waals surface area contributed by atoms with Gasteiger partial charge < -0.3 is 30.2 Å². The quantitative estimate of drug-likeness (QED) is 0.136. The van der Waals surface area contributed by atoms with Gasteiger partial charge in [0.05, 0.1) is 0 Å². The number of aliphatic hydroxyl groups is 2. The highest BCUT2D eigenvalue weighted by Gasteiger charge is 2.58. The molecule has 3 heterocycles. The number of nitrogens with one attached hydrogen (secondary N) is 1. The van der Waals surface area contributed by atoms with Crippen molar-refractivity contribution in [3.63, 3.8) is 0 Å². The Balaban J connectivity index is 1.62. The number of carbonyl (C=O) groups is 2. The average molecular weight is 653 g/mol. The molecule has 46 heavy (non-hydrogen) atoms. The van der Waals surface area contributed by atoms with Crippen LogP contribution in [0.1, 0.15) is 124 Å². The number of aromatic amines is 1. The topological polar surface area (TPSA) is 186 Å². The molecule has 13 heteroatoms. The highest BCUT2D eigenvalue weighted by atomic mass is 16.6. The maximum absolute atomic E-state index is 13.6. The molecular formula is C33H56N4O9. The Morgan fingerprint density at radius 3 is 1.98 bits per heavy atom. The minimum absolute atomic E-state index is 0.131. The van der Waals surface area contributed by atoms with Gasteiger partial charge in [-0.05, 0) is 27.2 Å². The van der Waals surface area contributed by atoms with Crippen LogP contribution < -0.4 is 17.0 Å². The molecule has 2 aliphatic heterocycles. The smallest absolute Gasteiger partial charge is 0.332 e. The summed E-state index contributed by atoms with van der Waals surface area (Å²) in [5, 5.41) is 21.8. The van der Waals surface area contributed by atoms with Crippen molar-refractivity contribution >= 4 is 11.9 Å². The molecule has 7 atom stereocenters. The van der Waals surface area contributed by atoms with E-state index in [9.17, 15) is 29.4 Å². The molecule has 0 radical (unpaired) electrons. The first-order valence-corrected chi connectivity index (χ1v) is 17.1. The van der Waals surface area contributed by atoms with Crippen LogP contribution in [-0.4, -0.2) is 85.4 Å². The monoisotopic (exact) mass is 652 g/mol. The molecule has 3 rings (SSSR count). The molecule has 1 aromatic rings. The average Bonchev–Trinajstić information content (AvgIpc) is 3.52. The summed E-state index contributed by atoms with van der Waals surface area (Å²) in [6, 6.07) is -0.242. The van der Waals surface area contributed by atoms with Gasteiger partial charge in [0.15, 0.2) is 12.3 Å². The van der Waals surface area contributed by atoms with Gasteiger partial charge in [0.2, 0.25) is 5.91 Å². The fraction of sp³-hybridized carbons (Fsp3) is 0.818. The van der Waals surface area contributed by atoms with Crippen molar-refractivity contribution in [2.24, 2.45) is 5.73 Å². The molecule has 0 unspecified atom stereocenters. The lowest BCUT2D eigenvalue weighted by molar-refractivity contribution is -0.167. The van der Waals surface area contributed by atoms with Crippen molar-refractivity contribution in [2.75, 3.05) is 6.54 Å². The van der Waals surface area contributed by atoms with E-state index in [0.717, 1.165) is 36.1 Å². The Labute approximate surface area is 271 Å². The number of nitrogens with two attached hydrogens (primary N) is 1. The lowest BCUT2D eigenvalue weighted by atomic mass is 9.98. The van der Waals surface area contributed by atoms with Crippen molar-refractivity contribution in [1.29, 1.82) is 0 Å². The van der Waals surface area contributed by atoms with E-state index < -0.39 is 65.7 Å². The number of hydrogen-bond donors (Lipinski definition) is 4. The van der Waals surface area contributed by atoms with E-state index in [-0.39, 0.29) is 18.9 Å². The largest absolute Gasteiger partial charge is 0.458 e. The zero-order chi connectivity index (χ0) is 33.9. The molecule has 0 spiro atoms. The summed E-state index contributed by atoms with van der Waals surface area (Å²) in [6.07, 6.45) is 8.33. The second-order valence-electron chi connectivity index (χ2n) is 13.6. The van der Waals surface area contributed by atoms with Crippen LogP contribution in [0, 0.1) is 0 Å². The molecule has 0 saturated carbocycles. The van der Waals surface area contributed by atoms with Gasteiger partial charge in [-0.25, -0.2) is 9.59 Å². The molecule has 2 fully saturated rings. The molecule has 2 saturated heterocycles. The number of unbranched alkanes of at least 4 members (excludes halogenated alkanes) is 12. The van der Waals surface area contributed by atoms with Gasteiger partial charge in [0, 0.05) is 25.2 Å². The van der Waals surface area contributed by atoms with Crippen LogP contribution in [0.25, 0.3) is 0 Å². The number of H-pyrrole nitrogens is 1. The number of aliphatic hydroxyl groups excluding tert-OH is 2. The first-order chi connectivity index (χ1) is 21.9. The Morgan fingerprint density at radius 2 is 1.46 bits per heavy atom. The van der Waals surface area contributed by atoms with Crippen LogP contribution in [0.4, 0.5) is 0 Å². The Morgan fingerprint density at radius 1 is 0.891 bits per heavy atom. The van der Waals surface area contributed by atoms with Crippen LogP contribution in [0.2, 0.25) is 0 Å². The second kappa shape index (κ2) is 18.1. The molecule has 0 aromatic carbocycles. The number of carbonyl (C=O) groups excluding carboxylic acids is 2. The SMILES string of the molecule is CCCCCCCCCCCCCCCC(=O)N1[C@H](C(=O)OC(C)(C)C)[C@@H]([C@H]2O[C@@H](n3ccc(=O)[nH]c3=O)[C@H](O)[C@@H]2O)O[C@@H]1CN. The number of amides is 1. The van der Waals surface area contributed by atoms with E-state index in [2.05, 4.69) is 11.9 Å². The number of hydrogen-bond acceptors (Lipinski definition) is 10. The lowest BCUT2D eigenvalue weighted by Gasteiger charge is -2.31. The molecule has 262 valence electrons. The van der Waals surface area contributed by atoms with E-state index >= 15 is 0 Å². The summed E-state index contributed by atoms with van der Waals surface area (Å²) >= 11 is 0. The van der Waals surface area contributed by atoms with E-state index in [4.69, 9.17) is 19.9 Å². The molecule has 0 aliphatic carbocycles. The van der Waals surface area contributed by atoms with Gasteiger partial charge in [-0.1, -0.05) is 84.0 Å². The lowest BCUT2D eigenvalue weighted by Crippen LogP contribution is -2.54. The van der Waals surface area contributed by atoms with Crippen LogP contribution in [0.3, 0.4) is 0 Å². The van der Waals surface area contributed by atoms with Crippen molar-refractivity contribution in [3.8, 4) is 0 Å². The number of nitrogens with zero attached hydrogens (tertiary/aromatic N) is 2. The number of aromatic nitrogens is 2. The number of esters is 1. The molecule has 5 N–H and O–H groups in total. The fourth-order valence-corrected chi connectivity index (χ4v) is 6.25. The summed E-state index contributed by atoms with van der Waals surface area (Å²) < 4.78 is 18.6. The van der Waals surface area contributed by atoms with Gasteiger partial charge in [-0.15, -0.1) is 0 Å². The Bertz CT molecular complexity index is 1210. The minimum atomic E-state index is -1.61. The molecule has 1 amide bonds. The van der Waals surface area contributed by atoms with Gasteiger partial charge in [-0.2, -0.15) is 0 Å². The summed E-state index contributed by atoms with van der Waals surface area (Å²) in [7, 11) is 0. The van der Waals surface area contributed by atoms with Crippen LogP contribution in [-0.2, 0) is 23.8 Å². The molecular weight excluding hydrogens is 596 g/mol. The first-order valence-electron chi connectivity index (χ1n) is 17.1. The third-order valence-corrected chi connectivity index (χ3v) is 8.59. The molecule has 0 bridgehead atoms.